The Hall–Kier alpha value is -3.99. The van der Waals surface area contributed by atoms with Crippen molar-refractivity contribution >= 4 is 40.0 Å². The molecule has 7 rings (SSSR count). The number of thiazole rings is 1. The second-order valence-electron chi connectivity index (χ2n) is 14.4. The number of carbonyl (C=O) groups excluding carboxylic acids is 2. The van der Waals surface area contributed by atoms with Crippen LogP contribution < -0.4 is 14.8 Å². The number of carbonyl (C=O) groups is 3. The van der Waals surface area contributed by atoms with E-state index in [4.69, 9.17) is 19.4 Å². The van der Waals surface area contributed by atoms with Crippen LogP contribution in [0.15, 0.2) is 35.7 Å². The van der Waals surface area contributed by atoms with Gasteiger partial charge in [-0.2, -0.15) is 0 Å². The lowest BCUT2D eigenvalue weighted by Crippen LogP contribution is -2.49. The van der Waals surface area contributed by atoms with Crippen LogP contribution in [0.5, 0.6) is 11.5 Å². The second kappa shape index (κ2) is 13.7. The zero-order chi connectivity index (χ0) is 34.3. The van der Waals surface area contributed by atoms with E-state index in [0.717, 1.165) is 52.2 Å². The molecular weight excluding hydrogens is 641 g/mol. The van der Waals surface area contributed by atoms with Gasteiger partial charge < -0.3 is 24.8 Å². The van der Waals surface area contributed by atoms with Gasteiger partial charge in [-0.25, -0.2) is 14.8 Å². The minimum Gasteiger partial charge on any atom is -0.496 e. The number of benzene rings is 1. The van der Waals surface area contributed by atoms with Crippen LogP contribution in [0, 0.1) is 24.7 Å². The maximum atomic E-state index is 13.9. The van der Waals surface area contributed by atoms with Gasteiger partial charge in [0.1, 0.15) is 23.1 Å². The van der Waals surface area contributed by atoms with Crippen LogP contribution in [-0.2, 0) is 14.4 Å². The number of ether oxygens (including phenoxy) is 2. The van der Waals surface area contributed by atoms with Crippen molar-refractivity contribution in [1.82, 2.24) is 20.2 Å². The molecule has 3 aromatic rings. The molecule has 0 bridgehead atoms. The first-order chi connectivity index (χ1) is 23.7. The number of pyridine rings is 1. The predicted octanol–water partition coefficient (Wildman–Crippen LogP) is 6.65. The molecular formula is C38H46N4O6S. The van der Waals surface area contributed by atoms with Crippen molar-refractivity contribution in [2.45, 2.75) is 95.1 Å². The number of aliphatic carboxylic acids is 1. The van der Waals surface area contributed by atoms with Gasteiger partial charge in [0.05, 0.1) is 40.9 Å². The first kappa shape index (κ1) is 33.5. The third-order valence-corrected chi connectivity index (χ3v) is 12.2. The van der Waals surface area contributed by atoms with Gasteiger partial charge in [-0.1, -0.05) is 31.4 Å². The number of carboxylic acids is 1. The molecule has 1 aliphatic heterocycles. The number of rotatable bonds is 6. The van der Waals surface area contributed by atoms with Gasteiger partial charge in [0, 0.05) is 47.8 Å². The maximum Gasteiger partial charge on any atom is 0.330 e. The molecule has 3 heterocycles. The molecule has 5 unspecified atom stereocenters. The van der Waals surface area contributed by atoms with E-state index in [0.29, 0.717) is 43.2 Å². The summed E-state index contributed by atoms with van der Waals surface area (Å²) in [5, 5.41) is 17.0. The first-order valence-corrected chi connectivity index (χ1v) is 18.6. The van der Waals surface area contributed by atoms with Gasteiger partial charge in [-0.15, -0.1) is 11.3 Å². The molecule has 5 atom stereocenters. The summed E-state index contributed by atoms with van der Waals surface area (Å²) in [6.45, 7) is 2.58. The number of carboxylic acid groups (broad SMARTS) is 1. The van der Waals surface area contributed by atoms with Crippen LogP contribution in [0.4, 0.5) is 0 Å². The van der Waals surface area contributed by atoms with Gasteiger partial charge in [-0.05, 0) is 70.4 Å². The molecule has 3 aliphatic carbocycles. The van der Waals surface area contributed by atoms with Crippen molar-refractivity contribution < 1.29 is 29.0 Å². The first-order valence-electron chi connectivity index (χ1n) is 17.8. The third-order valence-electron chi connectivity index (χ3n) is 11.2. The fourth-order valence-electron chi connectivity index (χ4n) is 8.14. The van der Waals surface area contributed by atoms with Crippen LogP contribution in [0.3, 0.4) is 0 Å². The highest BCUT2D eigenvalue weighted by atomic mass is 32.1. The number of amides is 2. The Kier molecular flexibility index (Phi) is 9.39. The van der Waals surface area contributed by atoms with Crippen molar-refractivity contribution in [3.05, 3.63) is 46.3 Å². The molecule has 3 fully saturated rings. The van der Waals surface area contributed by atoms with Crippen molar-refractivity contribution in [1.29, 1.82) is 0 Å². The number of aryl methyl sites for hydroxylation is 1. The van der Waals surface area contributed by atoms with Gasteiger partial charge >= 0.3 is 5.97 Å². The Balaban J connectivity index is 1.21. The van der Waals surface area contributed by atoms with Crippen LogP contribution in [0.2, 0.25) is 0 Å². The Morgan fingerprint density at radius 1 is 1.04 bits per heavy atom. The van der Waals surface area contributed by atoms with E-state index in [-0.39, 0.29) is 11.8 Å². The highest BCUT2D eigenvalue weighted by molar-refractivity contribution is 7.10. The van der Waals surface area contributed by atoms with E-state index in [2.05, 4.69) is 10.7 Å². The number of nitrogens with zero attached hydrogens (tertiary/aromatic N) is 3. The number of aromatic nitrogens is 2. The lowest BCUT2D eigenvalue weighted by Gasteiger charge is -2.26. The summed E-state index contributed by atoms with van der Waals surface area (Å²) >= 11 is 1.69. The average Bonchev–Trinajstić information content (AvgIpc) is 3.40. The zero-order valence-corrected chi connectivity index (χ0v) is 29.4. The van der Waals surface area contributed by atoms with E-state index in [9.17, 15) is 19.5 Å². The molecule has 2 N–H and O–H groups in total. The Labute approximate surface area is 291 Å². The molecule has 2 amide bonds. The van der Waals surface area contributed by atoms with Crippen molar-refractivity contribution in [3.63, 3.8) is 0 Å². The number of allylic oxidation sites excluding steroid dienone is 1. The highest BCUT2D eigenvalue weighted by Crippen LogP contribution is 2.47. The number of hydrogen-bond donors (Lipinski definition) is 2. The summed E-state index contributed by atoms with van der Waals surface area (Å²) in [6.07, 6.45) is 13.1. The lowest BCUT2D eigenvalue weighted by molar-refractivity contribution is -0.145. The molecule has 2 aromatic heterocycles. The quantitative estimate of drug-likeness (QED) is 0.276. The second-order valence-corrected chi connectivity index (χ2v) is 15.3. The summed E-state index contributed by atoms with van der Waals surface area (Å²) in [7, 11) is 3.43. The van der Waals surface area contributed by atoms with Crippen LogP contribution in [0.1, 0.15) is 87.1 Å². The number of methoxy groups -OCH3 is 1. The van der Waals surface area contributed by atoms with Gasteiger partial charge in [0.25, 0.3) is 0 Å². The SMILES string of the molecule is COc1ccc2c(OC3CC4C(=O)NC5(C(=O)O)CC5/C=C\CCCCN(C)C(=O)C4C3)cc(-c3csc(C4CCCCC4)n3)nc2c1C. The highest BCUT2D eigenvalue weighted by Gasteiger charge is 2.61. The molecule has 260 valence electrons. The van der Waals surface area contributed by atoms with Gasteiger partial charge in [-0.3, -0.25) is 9.59 Å². The summed E-state index contributed by atoms with van der Waals surface area (Å²) in [6, 6.07) is 5.77. The number of nitrogens with one attached hydrogen (secondary N) is 1. The normalized spacial score (nSPS) is 28.7. The molecule has 3 saturated carbocycles. The Bertz CT molecular complexity index is 1780. The summed E-state index contributed by atoms with van der Waals surface area (Å²) in [4.78, 5) is 52.0. The monoisotopic (exact) mass is 686 g/mol. The minimum absolute atomic E-state index is 0.103. The molecule has 1 aromatic carbocycles. The van der Waals surface area contributed by atoms with Crippen molar-refractivity contribution in [3.8, 4) is 22.9 Å². The van der Waals surface area contributed by atoms with Gasteiger partial charge in [0.15, 0.2) is 0 Å². The Morgan fingerprint density at radius 3 is 2.61 bits per heavy atom. The van der Waals surface area contributed by atoms with Crippen LogP contribution in [-0.4, -0.2) is 70.1 Å². The van der Waals surface area contributed by atoms with Gasteiger partial charge in [0.2, 0.25) is 11.8 Å². The lowest BCUT2D eigenvalue weighted by atomic mass is 9.90. The molecule has 0 saturated heterocycles. The molecule has 11 heteroatoms. The molecule has 4 aliphatic rings. The largest absolute Gasteiger partial charge is 0.496 e. The summed E-state index contributed by atoms with van der Waals surface area (Å²) < 4.78 is 12.4. The number of fused-ring (bicyclic) bond motifs is 3. The van der Waals surface area contributed by atoms with E-state index in [1.54, 1.807) is 30.4 Å². The van der Waals surface area contributed by atoms with Crippen LogP contribution >= 0.6 is 11.3 Å². The smallest absolute Gasteiger partial charge is 0.330 e. The minimum atomic E-state index is -1.33. The predicted molar refractivity (Wildman–Crippen MR) is 188 cm³/mol. The van der Waals surface area contributed by atoms with Crippen molar-refractivity contribution in [2.75, 3.05) is 20.7 Å². The fourth-order valence-corrected chi connectivity index (χ4v) is 9.13. The maximum absolute atomic E-state index is 13.9. The van der Waals surface area contributed by atoms with E-state index >= 15 is 0 Å². The summed E-state index contributed by atoms with van der Waals surface area (Å²) in [5.41, 5.74) is 1.82. The van der Waals surface area contributed by atoms with E-state index < -0.39 is 35.4 Å². The Morgan fingerprint density at radius 2 is 1.84 bits per heavy atom. The third kappa shape index (κ3) is 6.54. The molecule has 0 radical (unpaired) electrons. The number of hydrogen-bond acceptors (Lipinski definition) is 8. The van der Waals surface area contributed by atoms with Crippen LogP contribution in [0.25, 0.3) is 22.3 Å². The molecule has 0 spiro atoms. The summed E-state index contributed by atoms with van der Waals surface area (Å²) in [5.74, 6) is -1.31. The van der Waals surface area contributed by atoms with Crippen molar-refractivity contribution in [2.24, 2.45) is 17.8 Å². The van der Waals surface area contributed by atoms with E-state index in [1.807, 2.05) is 37.3 Å². The fraction of sp³-hybridized carbons (Fsp3) is 0.553. The van der Waals surface area contributed by atoms with E-state index in [1.165, 1.54) is 32.1 Å². The standard InChI is InChI=1S/C38H46N4O6S/c1-22-31(47-3)15-14-26-32(19-29(39-33(22)26)30-21-49-35(40-30)23-11-7-6-8-12-23)48-25-17-27-28(18-25)36(44)42(2)16-10-5-4-9-13-24-20-38(24,37(45)46)41-34(27)43/h9,13-15,19,21,23-25,27-28H,4-8,10-12,16-18,20H2,1-3H3,(H,41,43)(H,45,46)/b13-9-. The molecule has 49 heavy (non-hydrogen) atoms. The molecule has 10 nitrogen and oxygen atoms in total. The average molecular weight is 687 g/mol. The zero-order valence-electron chi connectivity index (χ0n) is 28.6. The topological polar surface area (TPSA) is 131 Å².